The first-order valence-corrected chi connectivity index (χ1v) is 10.9. The molecule has 0 bridgehead atoms. The van der Waals surface area contributed by atoms with Crippen LogP contribution >= 0.6 is 11.6 Å². The monoisotopic (exact) mass is 448 g/mol. The van der Waals surface area contributed by atoms with Gasteiger partial charge in [-0.2, -0.15) is 4.31 Å². The lowest BCUT2D eigenvalue weighted by atomic mass is 10.1. The Bertz CT molecular complexity index is 1250. The number of carbonyl (C=O) groups excluding carboxylic acids is 1. The Hall–Kier alpha value is -2.95. The molecular weight excluding hydrogens is 432 g/mol. The Morgan fingerprint density at radius 2 is 1.80 bits per heavy atom. The van der Waals surface area contributed by atoms with Gasteiger partial charge in [-0.25, -0.2) is 8.42 Å². The molecule has 4 rings (SSSR count). The van der Waals surface area contributed by atoms with Crippen molar-refractivity contribution in [2.75, 3.05) is 26.2 Å². The number of nitrogens with zero attached hydrogens (tertiary/aromatic N) is 3. The van der Waals surface area contributed by atoms with Crippen molar-refractivity contribution in [2.24, 2.45) is 0 Å². The van der Waals surface area contributed by atoms with E-state index in [9.17, 15) is 23.3 Å². The molecule has 2 aromatic carbocycles. The number of piperazine rings is 1. The van der Waals surface area contributed by atoms with Gasteiger partial charge in [-0.05, 0) is 18.2 Å². The van der Waals surface area contributed by atoms with Crippen LogP contribution in [0.15, 0.2) is 53.6 Å². The number of aromatic nitrogens is 1. The SMILES string of the molecule is O=C(c1c[nH]c2ccc([N+](=O)[O-])cc12)N1CCN(S(=O)(=O)c2ccccc2Cl)CC1. The van der Waals surface area contributed by atoms with Crippen LogP contribution in [-0.2, 0) is 10.0 Å². The second kappa shape index (κ2) is 7.71. The van der Waals surface area contributed by atoms with Gasteiger partial charge >= 0.3 is 0 Å². The van der Waals surface area contributed by atoms with Crippen molar-refractivity contribution in [3.63, 3.8) is 0 Å². The number of amides is 1. The lowest BCUT2D eigenvalue weighted by Gasteiger charge is -2.34. The predicted octanol–water partition coefficient (Wildman–Crippen LogP) is 2.88. The molecular formula is C19H17ClN4O5S. The predicted molar refractivity (Wildman–Crippen MR) is 111 cm³/mol. The smallest absolute Gasteiger partial charge is 0.270 e. The highest BCUT2D eigenvalue weighted by atomic mass is 35.5. The highest BCUT2D eigenvalue weighted by molar-refractivity contribution is 7.89. The summed E-state index contributed by atoms with van der Waals surface area (Å²) < 4.78 is 27.0. The number of hydrogen-bond acceptors (Lipinski definition) is 5. The van der Waals surface area contributed by atoms with E-state index in [1.807, 2.05) is 0 Å². The van der Waals surface area contributed by atoms with Crippen LogP contribution in [0, 0.1) is 10.1 Å². The number of nitro benzene ring substituents is 1. The minimum absolute atomic E-state index is 0.0374. The van der Waals surface area contributed by atoms with Gasteiger partial charge in [0, 0.05) is 55.4 Å². The molecule has 0 spiro atoms. The second-order valence-corrected chi connectivity index (χ2v) is 9.13. The van der Waals surface area contributed by atoms with E-state index in [2.05, 4.69) is 4.98 Å². The van der Waals surface area contributed by atoms with Gasteiger partial charge < -0.3 is 9.88 Å². The van der Waals surface area contributed by atoms with Gasteiger partial charge in [-0.3, -0.25) is 14.9 Å². The molecule has 1 saturated heterocycles. The van der Waals surface area contributed by atoms with Crippen LogP contribution in [0.3, 0.4) is 0 Å². The zero-order chi connectivity index (χ0) is 21.5. The molecule has 1 aliphatic rings. The van der Waals surface area contributed by atoms with Crippen LogP contribution in [0.1, 0.15) is 10.4 Å². The molecule has 0 saturated carbocycles. The first-order valence-electron chi connectivity index (χ1n) is 9.08. The summed E-state index contributed by atoms with van der Waals surface area (Å²) in [5.74, 6) is -0.309. The number of non-ortho nitro benzene ring substituents is 1. The molecule has 30 heavy (non-hydrogen) atoms. The lowest BCUT2D eigenvalue weighted by molar-refractivity contribution is -0.384. The average Bonchev–Trinajstić information content (AvgIpc) is 3.16. The Labute approximate surface area is 177 Å². The molecule has 156 valence electrons. The van der Waals surface area contributed by atoms with Gasteiger partial charge in [0.25, 0.3) is 11.6 Å². The maximum Gasteiger partial charge on any atom is 0.270 e. The third kappa shape index (κ3) is 3.53. The van der Waals surface area contributed by atoms with Crippen molar-refractivity contribution in [1.82, 2.24) is 14.2 Å². The van der Waals surface area contributed by atoms with E-state index in [4.69, 9.17) is 11.6 Å². The van der Waals surface area contributed by atoms with Crippen molar-refractivity contribution in [3.8, 4) is 0 Å². The maximum atomic E-state index is 13.0. The van der Waals surface area contributed by atoms with Crippen LogP contribution in [0.4, 0.5) is 5.69 Å². The average molecular weight is 449 g/mol. The van der Waals surface area contributed by atoms with Crippen LogP contribution in [-0.4, -0.2) is 59.6 Å². The fourth-order valence-corrected chi connectivity index (χ4v) is 5.41. The molecule has 9 nitrogen and oxygen atoms in total. The number of aromatic amines is 1. The number of benzene rings is 2. The Morgan fingerprint density at radius 3 is 2.47 bits per heavy atom. The van der Waals surface area contributed by atoms with Gasteiger partial charge in [0.1, 0.15) is 4.90 Å². The summed E-state index contributed by atoms with van der Waals surface area (Å²) >= 11 is 6.04. The van der Waals surface area contributed by atoms with E-state index in [0.717, 1.165) is 0 Å². The third-order valence-corrected chi connectivity index (χ3v) is 7.49. The van der Waals surface area contributed by atoms with Crippen molar-refractivity contribution in [2.45, 2.75) is 4.90 Å². The first kappa shape index (κ1) is 20.3. The number of carbonyl (C=O) groups is 1. The molecule has 11 heteroatoms. The number of nitrogens with one attached hydrogen (secondary N) is 1. The van der Waals surface area contributed by atoms with Gasteiger partial charge in [0.05, 0.1) is 15.5 Å². The number of sulfonamides is 1. The second-order valence-electron chi connectivity index (χ2n) is 6.82. The van der Waals surface area contributed by atoms with Crippen molar-refractivity contribution < 1.29 is 18.1 Å². The van der Waals surface area contributed by atoms with Crippen molar-refractivity contribution in [3.05, 3.63) is 69.4 Å². The zero-order valence-corrected chi connectivity index (χ0v) is 17.2. The van der Waals surface area contributed by atoms with Crippen molar-refractivity contribution >= 4 is 44.1 Å². The zero-order valence-electron chi connectivity index (χ0n) is 15.6. The molecule has 1 aliphatic heterocycles. The van der Waals surface area contributed by atoms with Crippen molar-refractivity contribution in [1.29, 1.82) is 0 Å². The molecule has 0 aliphatic carbocycles. The fraction of sp³-hybridized carbons (Fsp3) is 0.211. The minimum atomic E-state index is -3.76. The molecule has 0 atom stereocenters. The van der Waals surface area contributed by atoms with E-state index in [1.165, 1.54) is 34.8 Å². The molecule has 1 fully saturated rings. The third-order valence-electron chi connectivity index (χ3n) is 5.09. The fourth-order valence-electron chi connectivity index (χ4n) is 3.49. The number of fused-ring (bicyclic) bond motifs is 1. The summed E-state index contributed by atoms with van der Waals surface area (Å²) in [4.78, 5) is 28.0. The van der Waals surface area contributed by atoms with E-state index >= 15 is 0 Å². The van der Waals surface area contributed by atoms with E-state index in [-0.39, 0.29) is 47.7 Å². The van der Waals surface area contributed by atoms with Gasteiger partial charge in [-0.1, -0.05) is 23.7 Å². The molecule has 0 unspecified atom stereocenters. The topological polar surface area (TPSA) is 117 Å². The summed E-state index contributed by atoms with van der Waals surface area (Å²) in [5, 5.41) is 11.7. The molecule has 0 radical (unpaired) electrons. The van der Waals surface area contributed by atoms with Crippen LogP contribution in [0.25, 0.3) is 10.9 Å². The molecule has 2 heterocycles. The number of hydrogen-bond donors (Lipinski definition) is 1. The molecule has 1 aromatic heterocycles. The highest BCUT2D eigenvalue weighted by Crippen LogP contribution is 2.27. The van der Waals surface area contributed by atoms with Gasteiger partial charge in [0.15, 0.2) is 0 Å². The summed E-state index contributed by atoms with van der Waals surface area (Å²) in [6.07, 6.45) is 1.52. The summed E-state index contributed by atoms with van der Waals surface area (Å²) in [6, 6.07) is 10.5. The lowest BCUT2D eigenvalue weighted by Crippen LogP contribution is -2.50. The summed E-state index contributed by atoms with van der Waals surface area (Å²) in [5.41, 5.74) is 0.826. The molecule has 3 aromatic rings. The Morgan fingerprint density at radius 1 is 1.10 bits per heavy atom. The van der Waals surface area contributed by atoms with E-state index in [0.29, 0.717) is 16.5 Å². The highest BCUT2D eigenvalue weighted by Gasteiger charge is 2.32. The summed E-state index contributed by atoms with van der Waals surface area (Å²) in [6.45, 7) is 0.651. The van der Waals surface area contributed by atoms with Gasteiger partial charge in [0.2, 0.25) is 10.0 Å². The minimum Gasteiger partial charge on any atom is -0.360 e. The maximum absolute atomic E-state index is 13.0. The first-order chi connectivity index (χ1) is 14.3. The van der Waals surface area contributed by atoms with Crippen LogP contribution < -0.4 is 0 Å². The van der Waals surface area contributed by atoms with Crippen LogP contribution in [0.2, 0.25) is 5.02 Å². The summed E-state index contributed by atoms with van der Waals surface area (Å²) in [7, 11) is -3.76. The number of rotatable bonds is 4. The number of nitro groups is 1. The Kier molecular flexibility index (Phi) is 5.22. The largest absolute Gasteiger partial charge is 0.360 e. The van der Waals surface area contributed by atoms with E-state index in [1.54, 1.807) is 23.1 Å². The number of halogens is 1. The standard InChI is InChI=1S/C19H17ClN4O5S/c20-16-3-1-2-4-18(16)30(28,29)23-9-7-22(8-10-23)19(25)15-12-21-17-6-5-13(24(26)27)11-14(15)17/h1-6,11-12,21H,7-10H2. The molecule has 1 amide bonds. The molecule has 1 N–H and O–H groups in total. The quantitative estimate of drug-likeness (QED) is 0.486. The van der Waals surface area contributed by atoms with Gasteiger partial charge in [-0.15, -0.1) is 0 Å². The van der Waals surface area contributed by atoms with Crippen LogP contribution in [0.5, 0.6) is 0 Å². The Balaban J connectivity index is 1.53. The van der Waals surface area contributed by atoms with E-state index < -0.39 is 14.9 Å². The number of H-pyrrole nitrogens is 1. The normalized spacial score (nSPS) is 15.4.